The van der Waals surface area contributed by atoms with E-state index in [1.165, 1.54) is 18.2 Å². The van der Waals surface area contributed by atoms with Crippen molar-refractivity contribution in [1.82, 2.24) is 4.98 Å². The summed E-state index contributed by atoms with van der Waals surface area (Å²) in [5.74, 6) is -0.436. The van der Waals surface area contributed by atoms with Gasteiger partial charge in [0.2, 0.25) is 5.91 Å². The number of fused-ring (bicyclic) bond motifs is 1. The van der Waals surface area contributed by atoms with E-state index in [4.69, 9.17) is 0 Å². The van der Waals surface area contributed by atoms with Crippen LogP contribution in [0.1, 0.15) is 11.1 Å². The Morgan fingerprint density at radius 3 is 2.81 bits per heavy atom. The molecule has 1 aromatic heterocycles. The molecule has 3 rings (SSSR count). The fraction of sp³-hybridized carbons (Fsp3) is 0.105. The molecule has 0 aliphatic rings. The van der Waals surface area contributed by atoms with E-state index in [2.05, 4.69) is 16.4 Å². The molecular weight excluding hydrogens is 364 g/mol. The number of nitro groups is 1. The van der Waals surface area contributed by atoms with Crippen LogP contribution in [-0.4, -0.2) is 21.6 Å². The van der Waals surface area contributed by atoms with Crippen LogP contribution >= 0.6 is 11.8 Å². The van der Waals surface area contributed by atoms with Crippen molar-refractivity contribution in [2.75, 3.05) is 11.1 Å². The number of benzene rings is 2. The number of aryl methyl sites for hydroxylation is 1. The quantitative estimate of drug-likeness (QED) is 0.407. The van der Waals surface area contributed by atoms with Gasteiger partial charge in [-0.2, -0.15) is 5.26 Å². The topological polar surface area (TPSA) is 109 Å². The predicted octanol–water partition coefficient (Wildman–Crippen LogP) is 4.05. The molecule has 0 bridgehead atoms. The number of para-hydroxylation sites is 2. The highest BCUT2D eigenvalue weighted by Crippen LogP contribution is 2.27. The maximum atomic E-state index is 12.2. The van der Waals surface area contributed by atoms with Crippen LogP contribution in [0.15, 0.2) is 53.6 Å². The highest BCUT2D eigenvalue weighted by Gasteiger charge is 2.16. The number of nitriles is 1. The highest BCUT2D eigenvalue weighted by molar-refractivity contribution is 8.00. The number of rotatable bonds is 5. The van der Waals surface area contributed by atoms with Crippen LogP contribution in [0.5, 0.6) is 0 Å². The van der Waals surface area contributed by atoms with E-state index in [1.807, 2.05) is 25.1 Å². The zero-order chi connectivity index (χ0) is 19.4. The van der Waals surface area contributed by atoms with Gasteiger partial charge in [0, 0.05) is 11.5 Å². The Hall–Kier alpha value is -3.44. The number of thioether (sulfide) groups is 1. The Morgan fingerprint density at radius 2 is 2.07 bits per heavy atom. The van der Waals surface area contributed by atoms with Crippen LogP contribution < -0.4 is 5.32 Å². The van der Waals surface area contributed by atoms with E-state index in [0.717, 1.165) is 28.2 Å². The number of nitro benzene ring substituents is 1. The first-order valence-electron chi connectivity index (χ1n) is 7.95. The zero-order valence-corrected chi connectivity index (χ0v) is 15.1. The van der Waals surface area contributed by atoms with Gasteiger partial charge in [-0.05, 0) is 31.2 Å². The van der Waals surface area contributed by atoms with Crippen LogP contribution in [-0.2, 0) is 4.79 Å². The minimum atomic E-state index is -0.552. The van der Waals surface area contributed by atoms with Crippen molar-refractivity contribution in [1.29, 1.82) is 5.26 Å². The molecule has 0 aliphatic carbocycles. The summed E-state index contributed by atoms with van der Waals surface area (Å²) in [5.41, 5.74) is 2.15. The molecule has 0 aliphatic heterocycles. The summed E-state index contributed by atoms with van der Waals surface area (Å²) >= 11 is 1.12. The molecule has 0 saturated heterocycles. The van der Waals surface area contributed by atoms with Gasteiger partial charge >= 0.3 is 0 Å². The first-order chi connectivity index (χ1) is 13.0. The fourth-order valence-corrected chi connectivity index (χ4v) is 3.29. The van der Waals surface area contributed by atoms with Gasteiger partial charge in [0.15, 0.2) is 0 Å². The molecule has 2 aromatic carbocycles. The van der Waals surface area contributed by atoms with Crippen LogP contribution in [0.3, 0.4) is 0 Å². The lowest BCUT2D eigenvalue weighted by atomic mass is 10.1. The lowest BCUT2D eigenvalue weighted by Crippen LogP contribution is -2.15. The zero-order valence-electron chi connectivity index (χ0n) is 14.3. The molecule has 1 N–H and O–H groups in total. The lowest BCUT2D eigenvalue weighted by molar-refractivity contribution is -0.383. The molecule has 0 atom stereocenters. The Morgan fingerprint density at radius 1 is 1.30 bits per heavy atom. The molecule has 1 heterocycles. The summed E-state index contributed by atoms with van der Waals surface area (Å²) in [7, 11) is 0. The van der Waals surface area contributed by atoms with Crippen molar-refractivity contribution in [3.05, 3.63) is 69.8 Å². The number of carbonyl (C=O) groups excluding carboxylic acids is 1. The standard InChI is InChI=1S/C19H14N4O3S/c1-12-6-7-15-13(8-12)9-14(10-20)19(22-15)27-11-18(24)21-16-4-2-3-5-17(16)23(25)26/h2-9H,11H2,1H3,(H,21,24). The number of hydrogen-bond acceptors (Lipinski definition) is 6. The third-order valence-corrected chi connectivity index (χ3v) is 4.76. The molecule has 1 amide bonds. The molecule has 27 heavy (non-hydrogen) atoms. The molecule has 134 valence electrons. The summed E-state index contributed by atoms with van der Waals surface area (Å²) < 4.78 is 0. The summed E-state index contributed by atoms with van der Waals surface area (Å²) in [6.45, 7) is 1.96. The maximum absolute atomic E-state index is 12.2. The molecule has 0 fully saturated rings. The SMILES string of the molecule is Cc1ccc2nc(SCC(=O)Nc3ccccc3[N+](=O)[O-])c(C#N)cc2c1. The van der Waals surface area contributed by atoms with E-state index in [-0.39, 0.29) is 17.1 Å². The van der Waals surface area contributed by atoms with Crippen molar-refractivity contribution in [3.63, 3.8) is 0 Å². The number of aromatic nitrogens is 1. The number of nitrogens with one attached hydrogen (secondary N) is 1. The minimum absolute atomic E-state index is 0.0227. The van der Waals surface area contributed by atoms with E-state index < -0.39 is 10.8 Å². The molecule has 7 nitrogen and oxygen atoms in total. The number of nitrogens with zero attached hydrogens (tertiary/aromatic N) is 3. The van der Waals surface area contributed by atoms with Gasteiger partial charge in [0.1, 0.15) is 16.8 Å². The van der Waals surface area contributed by atoms with Crippen LogP contribution in [0.25, 0.3) is 10.9 Å². The first kappa shape index (κ1) is 18.4. The van der Waals surface area contributed by atoms with E-state index in [1.54, 1.807) is 12.1 Å². The van der Waals surface area contributed by atoms with Crippen molar-refractivity contribution in [2.45, 2.75) is 11.9 Å². The second-order valence-corrected chi connectivity index (χ2v) is 6.72. The number of hydrogen-bond donors (Lipinski definition) is 1. The number of anilines is 1. The van der Waals surface area contributed by atoms with Crippen molar-refractivity contribution in [2.24, 2.45) is 0 Å². The average molecular weight is 378 g/mol. The average Bonchev–Trinajstić information content (AvgIpc) is 2.65. The third-order valence-electron chi connectivity index (χ3n) is 3.77. The molecule has 0 unspecified atom stereocenters. The van der Waals surface area contributed by atoms with E-state index in [9.17, 15) is 20.2 Å². The van der Waals surface area contributed by atoms with Gasteiger partial charge in [0.05, 0.1) is 21.8 Å². The number of carbonyl (C=O) groups is 1. The number of pyridine rings is 1. The molecule has 0 saturated carbocycles. The summed E-state index contributed by atoms with van der Waals surface area (Å²) in [4.78, 5) is 27.1. The smallest absolute Gasteiger partial charge is 0.292 e. The monoisotopic (exact) mass is 378 g/mol. The molecule has 3 aromatic rings. The first-order valence-corrected chi connectivity index (χ1v) is 8.94. The number of amides is 1. The van der Waals surface area contributed by atoms with Gasteiger partial charge in [-0.15, -0.1) is 0 Å². The minimum Gasteiger partial charge on any atom is -0.320 e. The lowest BCUT2D eigenvalue weighted by Gasteiger charge is -2.08. The van der Waals surface area contributed by atoms with E-state index in [0.29, 0.717) is 10.6 Å². The third kappa shape index (κ3) is 4.22. The maximum Gasteiger partial charge on any atom is 0.292 e. The van der Waals surface area contributed by atoms with Gasteiger partial charge < -0.3 is 5.32 Å². The van der Waals surface area contributed by atoms with Gasteiger partial charge in [-0.3, -0.25) is 14.9 Å². The summed E-state index contributed by atoms with van der Waals surface area (Å²) in [5, 5.41) is 24.2. The van der Waals surface area contributed by atoms with Crippen molar-refractivity contribution >= 4 is 39.9 Å². The van der Waals surface area contributed by atoms with Gasteiger partial charge in [-0.1, -0.05) is 35.5 Å². The normalized spacial score (nSPS) is 10.4. The Balaban J connectivity index is 1.77. The second-order valence-electron chi connectivity index (χ2n) is 5.76. The second kappa shape index (κ2) is 7.85. The van der Waals surface area contributed by atoms with E-state index >= 15 is 0 Å². The van der Waals surface area contributed by atoms with Crippen LogP contribution in [0.2, 0.25) is 0 Å². The summed E-state index contributed by atoms with van der Waals surface area (Å²) in [6, 6.07) is 15.5. The molecule has 0 radical (unpaired) electrons. The van der Waals surface area contributed by atoms with Crippen molar-refractivity contribution in [3.8, 4) is 6.07 Å². The molecule has 0 spiro atoms. The van der Waals surface area contributed by atoms with Crippen LogP contribution in [0.4, 0.5) is 11.4 Å². The largest absolute Gasteiger partial charge is 0.320 e. The Labute approximate surface area is 159 Å². The highest BCUT2D eigenvalue weighted by atomic mass is 32.2. The Kier molecular flexibility index (Phi) is 5.33. The van der Waals surface area contributed by atoms with Gasteiger partial charge in [0.25, 0.3) is 5.69 Å². The van der Waals surface area contributed by atoms with Crippen LogP contribution in [0, 0.1) is 28.4 Å². The van der Waals surface area contributed by atoms with Gasteiger partial charge in [-0.25, -0.2) is 4.98 Å². The summed E-state index contributed by atoms with van der Waals surface area (Å²) in [6.07, 6.45) is 0. The van der Waals surface area contributed by atoms with Crippen molar-refractivity contribution < 1.29 is 9.72 Å². The predicted molar refractivity (Wildman–Crippen MR) is 104 cm³/mol. The Bertz CT molecular complexity index is 1090. The fourth-order valence-electron chi connectivity index (χ4n) is 2.53. The molecule has 8 heteroatoms. The molecular formula is C19H14N4O3S.